The first-order chi connectivity index (χ1) is 10.2. The number of aromatic nitrogens is 2. The van der Waals surface area contributed by atoms with Crippen LogP contribution in [0.1, 0.15) is 0 Å². The number of anilines is 3. The predicted molar refractivity (Wildman–Crippen MR) is 80.2 cm³/mol. The van der Waals surface area contributed by atoms with Crippen LogP contribution in [-0.2, 0) is 0 Å². The molecule has 0 radical (unpaired) electrons. The number of hydrogen-bond donors (Lipinski definition) is 2. The van der Waals surface area contributed by atoms with E-state index in [0.717, 1.165) is 0 Å². The molecule has 21 heavy (non-hydrogen) atoms. The third kappa shape index (κ3) is 2.69. The zero-order chi connectivity index (χ0) is 14.8. The van der Waals surface area contributed by atoms with E-state index in [1.54, 1.807) is 6.07 Å². The molecule has 0 fully saturated rings. The molecule has 0 bridgehead atoms. The SMILES string of the molecule is COc1cc(F)cc(Nc2nc3ccccc3nc2N)c1. The highest BCUT2D eigenvalue weighted by molar-refractivity contribution is 5.81. The zero-order valence-electron chi connectivity index (χ0n) is 11.3. The molecule has 0 saturated carbocycles. The Bertz CT molecular complexity index is 807. The number of rotatable bonds is 3. The van der Waals surface area contributed by atoms with E-state index in [4.69, 9.17) is 10.5 Å². The van der Waals surface area contributed by atoms with E-state index in [9.17, 15) is 4.39 Å². The lowest BCUT2D eigenvalue weighted by molar-refractivity contribution is 0.411. The van der Waals surface area contributed by atoms with Crippen molar-refractivity contribution < 1.29 is 9.13 Å². The predicted octanol–water partition coefficient (Wildman–Crippen LogP) is 3.10. The standard InChI is InChI=1S/C15H13FN4O/c1-21-11-7-9(16)6-10(8-11)18-15-14(17)19-12-4-2-3-5-13(12)20-15/h2-8H,1H3,(H2,17,19)(H,18,20). The van der Waals surface area contributed by atoms with Gasteiger partial charge in [0.2, 0.25) is 0 Å². The lowest BCUT2D eigenvalue weighted by Gasteiger charge is -2.10. The molecule has 0 spiro atoms. The van der Waals surface area contributed by atoms with Gasteiger partial charge in [-0.25, -0.2) is 14.4 Å². The molecule has 5 nitrogen and oxygen atoms in total. The van der Waals surface area contributed by atoms with Crippen molar-refractivity contribution >= 4 is 28.4 Å². The van der Waals surface area contributed by atoms with E-state index in [-0.39, 0.29) is 5.82 Å². The minimum Gasteiger partial charge on any atom is -0.497 e. The highest BCUT2D eigenvalue weighted by Gasteiger charge is 2.08. The van der Waals surface area contributed by atoms with Crippen LogP contribution in [0.25, 0.3) is 11.0 Å². The van der Waals surface area contributed by atoms with Gasteiger partial charge in [-0.3, -0.25) is 0 Å². The highest BCUT2D eigenvalue weighted by Crippen LogP contribution is 2.26. The van der Waals surface area contributed by atoms with Crippen molar-refractivity contribution in [3.63, 3.8) is 0 Å². The van der Waals surface area contributed by atoms with Crippen LogP contribution in [0.4, 0.5) is 21.7 Å². The van der Waals surface area contributed by atoms with Gasteiger partial charge >= 0.3 is 0 Å². The van der Waals surface area contributed by atoms with Crippen LogP contribution in [0, 0.1) is 5.82 Å². The number of nitrogens with two attached hydrogens (primary N) is 1. The smallest absolute Gasteiger partial charge is 0.174 e. The molecule has 0 saturated heterocycles. The summed E-state index contributed by atoms with van der Waals surface area (Å²) in [5, 5.41) is 2.96. The quantitative estimate of drug-likeness (QED) is 0.773. The number of benzene rings is 2. The molecule has 1 aromatic heterocycles. The van der Waals surface area contributed by atoms with E-state index in [0.29, 0.717) is 28.3 Å². The lowest BCUT2D eigenvalue weighted by Crippen LogP contribution is -2.02. The average molecular weight is 284 g/mol. The Labute approximate surface area is 120 Å². The summed E-state index contributed by atoms with van der Waals surface area (Å²) in [6.07, 6.45) is 0. The van der Waals surface area contributed by atoms with Crippen LogP contribution in [-0.4, -0.2) is 17.1 Å². The molecule has 3 rings (SSSR count). The van der Waals surface area contributed by atoms with Gasteiger partial charge in [0, 0.05) is 17.8 Å². The van der Waals surface area contributed by atoms with Gasteiger partial charge in [0.15, 0.2) is 11.6 Å². The van der Waals surface area contributed by atoms with E-state index in [1.165, 1.54) is 19.2 Å². The average Bonchev–Trinajstić information content (AvgIpc) is 2.47. The van der Waals surface area contributed by atoms with Crippen molar-refractivity contribution in [2.75, 3.05) is 18.2 Å². The molecule has 1 heterocycles. The molecule has 0 aliphatic rings. The Balaban J connectivity index is 2.01. The molecular weight excluding hydrogens is 271 g/mol. The second-order valence-electron chi connectivity index (χ2n) is 4.45. The summed E-state index contributed by atoms with van der Waals surface area (Å²) in [6, 6.07) is 11.7. The number of fused-ring (bicyclic) bond motifs is 1. The zero-order valence-corrected chi connectivity index (χ0v) is 11.3. The van der Waals surface area contributed by atoms with Crippen molar-refractivity contribution in [2.45, 2.75) is 0 Å². The van der Waals surface area contributed by atoms with Crippen LogP contribution >= 0.6 is 0 Å². The van der Waals surface area contributed by atoms with Gasteiger partial charge in [-0.2, -0.15) is 0 Å². The molecule has 0 amide bonds. The molecule has 0 aliphatic heterocycles. The van der Waals surface area contributed by atoms with Gasteiger partial charge in [0.05, 0.1) is 18.1 Å². The Hall–Kier alpha value is -2.89. The molecule has 3 N–H and O–H groups in total. The largest absolute Gasteiger partial charge is 0.497 e. The maximum absolute atomic E-state index is 13.5. The lowest BCUT2D eigenvalue weighted by atomic mass is 10.2. The first-order valence-electron chi connectivity index (χ1n) is 6.29. The van der Waals surface area contributed by atoms with Crippen LogP contribution in [0.2, 0.25) is 0 Å². The summed E-state index contributed by atoms with van der Waals surface area (Å²) in [5.74, 6) is 0.618. The third-order valence-electron chi connectivity index (χ3n) is 2.97. The van der Waals surface area contributed by atoms with Gasteiger partial charge in [-0.05, 0) is 18.2 Å². The van der Waals surface area contributed by atoms with Gasteiger partial charge in [0.25, 0.3) is 0 Å². The van der Waals surface area contributed by atoms with Gasteiger partial charge in [-0.1, -0.05) is 12.1 Å². The second-order valence-corrected chi connectivity index (χ2v) is 4.45. The number of ether oxygens (including phenoxy) is 1. The summed E-state index contributed by atoms with van der Waals surface area (Å²) in [7, 11) is 1.47. The number of hydrogen-bond acceptors (Lipinski definition) is 5. The topological polar surface area (TPSA) is 73.1 Å². The van der Waals surface area contributed by atoms with Crippen molar-refractivity contribution in [3.05, 3.63) is 48.3 Å². The normalized spacial score (nSPS) is 10.6. The third-order valence-corrected chi connectivity index (χ3v) is 2.97. The first-order valence-corrected chi connectivity index (χ1v) is 6.29. The number of nitrogen functional groups attached to an aromatic ring is 1. The second kappa shape index (κ2) is 5.24. The van der Waals surface area contributed by atoms with E-state index in [2.05, 4.69) is 15.3 Å². The van der Waals surface area contributed by atoms with Crippen molar-refractivity contribution in [3.8, 4) is 5.75 Å². The number of halogens is 1. The van der Waals surface area contributed by atoms with Crippen molar-refractivity contribution in [2.24, 2.45) is 0 Å². The monoisotopic (exact) mass is 284 g/mol. The maximum Gasteiger partial charge on any atom is 0.174 e. The molecule has 6 heteroatoms. The van der Waals surface area contributed by atoms with Gasteiger partial charge < -0.3 is 15.8 Å². The van der Waals surface area contributed by atoms with Crippen LogP contribution in [0.5, 0.6) is 5.75 Å². The Morgan fingerprint density at radius 2 is 1.81 bits per heavy atom. The maximum atomic E-state index is 13.5. The van der Waals surface area contributed by atoms with Crippen LogP contribution in [0.3, 0.4) is 0 Å². The fourth-order valence-electron chi connectivity index (χ4n) is 2.00. The van der Waals surface area contributed by atoms with Crippen molar-refractivity contribution in [1.29, 1.82) is 0 Å². The van der Waals surface area contributed by atoms with Crippen LogP contribution in [0.15, 0.2) is 42.5 Å². The molecule has 0 aliphatic carbocycles. The number of para-hydroxylation sites is 2. The van der Waals surface area contributed by atoms with Crippen LogP contribution < -0.4 is 15.8 Å². The Kier molecular flexibility index (Phi) is 3.27. The summed E-state index contributed by atoms with van der Waals surface area (Å²) < 4.78 is 18.5. The highest BCUT2D eigenvalue weighted by atomic mass is 19.1. The summed E-state index contributed by atoms with van der Waals surface area (Å²) in [6.45, 7) is 0. The number of nitrogens with one attached hydrogen (secondary N) is 1. The molecule has 0 unspecified atom stereocenters. The first kappa shape index (κ1) is 13.1. The van der Waals surface area contributed by atoms with E-state index in [1.807, 2.05) is 24.3 Å². The summed E-state index contributed by atoms with van der Waals surface area (Å²) in [5.41, 5.74) is 7.78. The molecule has 2 aromatic carbocycles. The minimum atomic E-state index is -0.413. The number of methoxy groups -OCH3 is 1. The summed E-state index contributed by atoms with van der Waals surface area (Å²) in [4.78, 5) is 8.66. The summed E-state index contributed by atoms with van der Waals surface area (Å²) >= 11 is 0. The fourth-order valence-corrected chi connectivity index (χ4v) is 2.00. The number of nitrogens with zero attached hydrogens (tertiary/aromatic N) is 2. The fraction of sp³-hybridized carbons (Fsp3) is 0.0667. The molecule has 0 atom stereocenters. The van der Waals surface area contributed by atoms with Gasteiger partial charge in [-0.15, -0.1) is 0 Å². The van der Waals surface area contributed by atoms with Gasteiger partial charge in [0.1, 0.15) is 11.6 Å². The van der Waals surface area contributed by atoms with E-state index >= 15 is 0 Å². The minimum absolute atomic E-state index is 0.247. The van der Waals surface area contributed by atoms with E-state index < -0.39 is 5.82 Å². The Morgan fingerprint density at radius 3 is 2.52 bits per heavy atom. The molecular formula is C15H13FN4O. The Morgan fingerprint density at radius 1 is 1.10 bits per heavy atom. The molecule has 106 valence electrons. The van der Waals surface area contributed by atoms with Crippen molar-refractivity contribution in [1.82, 2.24) is 9.97 Å². The molecule has 3 aromatic rings.